The summed E-state index contributed by atoms with van der Waals surface area (Å²) >= 11 is 11.7. The first-order valence-electron chi connectivity index (χ1n) is 5.70. The minimum absolute atomic E-state index is 0. The number of hydrogen-bond donors (Lipinski definition) is 3. The second kappa shape index (κ2) is 9.26. The third-order valence-corrected chi connectivity index (χ3v) is 3.07. The first kappa shape index (κ1) is 19.3. The molecule has 0 aliphatic rings. The summed E-state index contributed by atoms with van der Waals surface area (Å²) in [7, 11) is 0. The highest BCUT2D eigenvalue weighted by atomic mass is 35.5. The van der Waals surface area contributed by atoms with Crippen LogP contribution in [0, 0.1) is 0 Å². The number of ether oxygens (including phenoxy) is 1. The number of carbonyl (C=O) groups is 1. The summed E-state index contributed by atoms with van der Waals surface area (Å²) in [5.41, 5.74) is 5.37. The van der Waals surface area contributed by atoms with Gasteiger partial charge < -0.3 is 20.9 Å². The fourth-order valence-electron chi connectivity index (χ4n) is 1.22. The van der Waals surface area contributed by atoms with Crippen LogP contribution < -0.4 is 15.8 Å². The molecule has 1 amide bonds. The molecule has 0 saturated heterocycles. The summed E-state index contributed by atoms with van der Waals surface area (Å²) in [6.07, 6.45) is -0.863. The lowest BCUT2D eigenvalue weighted by Gasteiger charge is -2.15. The molecule has 0 aliphatic carbocycles. The van der Waals surface area contributed by atoms with E-state index < -0.39 is 12.1 Å². The van der Waals surface area contributed by atoms with Gasteiger partial charge in [-0.2, -0.15) is 0 Å². The van der Waals surface area contributed by atoms with Crippen LogP contribution in [0.1, 0.15) is 6.92 Å². The van der Waals surface area contributed by atoms with Crippen LogP contribution >= 0.6 is 35.6 Å². The Morgan fingerprint density at radius 3 is 2.75 bits per heavy atom. The van der Waals surface area contributed by atoms with E-state index in [2.05, 4.69) is 5.32 Å². The number of hydrogen-bond acceptors (Lipinski definition) is 4. The molecule has 0 aromatic heterocycles. The van der Waals surface area contributed by atoms with Crippen molar-refractivity contribution in [1.82, 2.24) is 5.32 Å². The molecule has 0 bridgehead atoms. The minimum atomic E-state index is -0.863. The van der Waals surface area contributed by atoms with Gasteiger partial charge in [0, 0.05) is 6.54 Å². The highest BCUT2D eigenvalue weighted by Crippen LogP contribution is 2.31. The van der Waals surface area contributed by atoms with E-state index in [0.717, 1.165) is 0 Å². The maximum absolute atomic E-state index is 11.2. The van der Waals surface area contributed by atoms with Crippen molar-refractivity contribution in [2.45, 2.75) is 19.1 Å². The van der Waals surface area contributed by atoms with Crippen LogP contribution in [0.3, 0.4) is 0 Å². The molecule has 2 atom stereocenters. The maximum atomic E-state index is 11.2. The van der Waals surface area contributed by atoms with Gasteiger partial charge in [0.25, 0.3) is 0 Å². The van der Waals surface area contributed by atoms with Crippen LogP contribution in [0.15, 0.2) is 18.2 Å². The zero-order chi connectivity index (χ0) is 14.4. The van der Waals surface area contributed by atoms with E-state index in [-0.39, 0.29) is 36.5 Å². The number of carbonyl (C=O) groups excluding carboxylic acids is 1. The van der Waals surface area contributed by atoms with Crippen molar-refractivity contribution in [1.29, 1.82) is 0 Å². The van der Waals surface area contributed by atoms with Gasteiger partial charge in [0.15, 0.2) is 0 Å². The molecule has 20 heavy (non-hydrogen) atoms. The lowest BCUT2D eigenvalue weighted by atomic mass is 10.3. The van der Waals surface area contributed by atoms with Gasteiger partial charge in [-0.1, -0.05) is 29.3 Å². The number of amides is 1. The van der Waals surface area contributed by atoms with Crippen LogP contribution in [0.5, 0.6) is 5.75 Å². The minimum Gasteiger partial charge on any atom is -0.489 e. The van der Waals surface area contributed by atoms with Crippen LogP contribution in [-0.4, -0.2) is 36.3 Å². The molecule has 1 unspecified atom stereocenters. The second-order valence-electron chi connectivity index (χ2n) is 4.05. The molecule has 0 saturated carbocycles. The summed E-state index contributed by atoms with van der Waals surface area (Å²) < 4.78 is 5.32. The Bertz CT molecular complexity index is 444. The number of aliphatic hydroxyl groups is 1. The highest BCUT2D eigenvalue weighted by Gasteiger charge is 2.12. The van der Waals surface area contributed by atoms with Crippen molar-refractivity contribution in [3.05, 3.63) is 28.2 Å². The van der Waals surface area contributed by atoms with Gasteiger partial charge in [0.2, 0.25) is 5.91 Å². The van der Waals surface area contributed by atoms with Crippen molar-refractivity contribution in [2.24, 2.45) is 5.73 Å². The number of aliphatic hydroxyl groups excluding tert-OH is 1. The summed E-state index contributed by atoms with van der Waals surface area (Å²) in [6.45, 7) is 1.60. The monoisotopic (exact) mass is 342 g/mol. The van der Waals surface area contributed by atoms with E-state index in [0.29, 0.717) is 10.8 Å². The molecule has 0 heterocycles. The Morgan fingerprint density at radius 1 is 1.50 bits per heavy atom. The molecule has 1 aromatic carbocycles. The molecule has 114 valence electrons. The summed E-state index contributed by atoms with van der Waals surface area (Å²) in [5, 5.41) is 12.8. The largest absolute Gasteiger partial charge is 0.489 e. The Hall–Kier alpha value is -0.720. The van der Waals surface area contributed by atoms with Gasteiger partial charge in [-0.25, -0.2) is 0 Å². The van der Waals surface area contributed by atoms with Crippen LogP contribution in [0.25, 0.3) is 0 Å². The zero-order valence-electron chi connectivity index (χ0n) is 10.8. The first-order chi connectivity index (χ1) is 8.91. The van der Waals surface area contributed by atoms with Crippen molar-refractivity contribution in [3.63, 3.8) is 0 Å². The highest BCUT2D eigenvalue weighted by molar-refractivity contribution is 6.42. The molecule has 1 aromatic rings. The number of nitrogens with two attached hydrogens (primary N) is 1. The van der Waals surface area contributed by atoms with Gasteiger partial charge in [-0.15, -0.1) is 12.4 Å². The molecular formula is C12H17Cl3N2O3. The molecule has 4 N–H and O–H groups in total. The van der Waals surface area contributed by atoms with Crippen molar-refractivity contribution < 1.29 is 14.6 Å². The van der Waals surface area contributed by atoms with E-state index in [1.165, 1.54) is 0 Å². The van der Waals surface area contributed by atoms with Crippen LogP contribution in [0.2, 0.25) is 10.0 Å². The van der Waals surface area contributed by atoms with Crippen LogP contribution in [-0.2, 0) is 4.79 Å². The molecule has 0 radical (unpaired) electrons. The number of halogens is 3. The quantitative estimate of drug-likeness (QED) is 0.733. The van der Waals surface area contributed by atoms with Gasteiger partial charge in [-0.3, -0.25) is 4.79 Å². The molecule has 0 aliphatic heterocycles. The zero-order valence-corrected chi connectivity index (χ0v) is 13.1. The molecule has 5 nitrogen and oxygen atoms in total. The van der Waals surface area contributed by atoms with Crippen LogP contribution in [0.4, 0.5) is 0 Å². The molecule has 0 fully saturated rings. The van der Waals surface area contributed by atoms with Crippen molar-refractivity contribution in [3.8, 4) is 5.75 Å². The fourth-order valence-corrected chi connectivity index (χ4v) is 1.57. The molecular weight excluding hydrogens is 327 g/mol. The Balaban J connectivity index is 0.00000361. The standard InChI is InChI=1S/C12H16Cl2N2O3.ClH/c1-7(15)12(18)16-5-8(17)6-19-10-4-2-3-9(13)11(10)14;/h2-4,7-8,17H,5-6,15H2,1H3,(H,16,18);1H/t7-,8?;/m0./s1. The second-order valence-corrected chi connectivity index (χ2v) is 4.84. The smallest absolute Gasteiger partial charge is 0.236 e. The van der Waals surface area contributed by atoms with Gasteiger partial charge >= 0.3 is 0 Å². The van der Waals surface area contributed by atoms with E-state index >= 15 is 0 Å². The number of rotatable bonds is 6. The van der Waals surface area contributed by atoms with Gasteiger partial charge in [-0.05, 0) is 19.1 Å². The van der Waals surface area contributed by atoms with Gasteiger partial charge in [0.1, 0.15) is 23.5 Å². The third kappa shape index (κ3) is 6.15. The van der Waals surface area contributed by atoms with Gasteiger partial charge in [0.05, 0.1) is 11.1 Å². The van der Waals surface area contributed by atoms with Crippen molar-refractivity contribution in [2.75, 3.05) is 13.2 Å². The van der Waals surface area contributed by atoms with Crippen molar-refractivity contribution >= 4 is 41.5 Å². The van der Waals surface area contributed by atoms with E-state index in [4.69, 9.17) is 33.7 Å². The molecule has 1 rings (SSSR count). The summed E-state index contributed by atoms with van der Waals surface area (Å²) in [5.74, 6) is 0.0478. The molecule has 0 spiro atoms. The molecule has 8 heteroatoms. The topological polar surface area (TPSA) is 84.6 Å². The van der Waals surface area contributed by atoms with E-state index in [1.807, 2.05) is 0 Å². The Kier molecular flexibility index (Phi) is 8.93. The third-order valence-electron chi connectivity index (χ3n) is 2.27. The average Bonchev–Trinajstić information content (AvgIpc) is 2.37. The van der Waals surface area contributed by atoms with E-state index in [1.54, 1.807) is 25.1 Å². The Labute approximate surface area is 133 Å². The normalized spacial score (nSPS) is 13.1. The predicted molar refractivity (Wildman–Crippen MR) is 81.9 cm³/mol. The maximum Gasteiger partial charge on any atom is 0.236 e. The van der Waals surface area contributed by atoms with E-state index in [9.17, 15) is 9.90 Å². The SMILES string of the molecule is C[C@H](N)C(=O)NCC(O)COc1cccc(Cl)c1Cl.Cl. The summed E-state index contributed by atoms with van der Waals surface area (Å²) in [4.78, 5) is 11.2. The number of nitrogens with one attached hydrogen (secondary N) is 1. The predicted octanol–water partition coefficient (Wildman–Crippen LogP) is 1.62. The average molecular weight is 344 g/mol. The fraction of sp³-hybridized carbons (Fsp3) is 0.417. The lowest BCUT2D eigenvalue weighted by molar-refractivity contribution is -0.122. The number of benzene rings is 1. The Morgan fingerprint density at radius 2 is 2.15 bits per heavy atom. The first-order valence-corrected chi connectivity index (χ1v) is 6.45. The lowest BCUT2D eigenvalue weighted by Crippen LogP contribution is -2.42. The summed E-state index contributed by atoms with van der Waals surface area (Å²) in [6, 6.07) is 4.35.